The van der Waals surface area contributed by atoms with Gasteiger partial charge in [-0.25, -0.2) is 4.98 Å². The van der Waals surface area contributed by atoms with E-state index in [1.165, 1.54) is 5.56 Å². The number of anilines is 3. The van der Waals surface area contributed by atoms with Gasteiger partial charge in [0.1, 0.15) is 5.82 Å². The predicted molar refractivity (Wildman–Crippen MR) is 102 cm³/mol. The maximum absolute atomic E-state index is 4.56. The number of aromatic nitrogens is 3. The predicted octanol–water partition coefficient (Wildman–Crippen LogP) is 4.52. The van der Waals surface area contributed by atoms with Crippen LogP contribution in [0, 0.1) is 0 Å². The molecule has 25 heavy (non-hydrogen) atoms. The molecule has 128 valence electrons. The van der Waals surface area contributed by atoms with Crippen LogP contribution in [0.2, 0.25) is 0 Å². The fourth-order valence-corrected chi connectivity index (χ4v) is 2.58. The first-order valence-corrected chi connectivity index (χ1v) is 8.35. The van der Waals surface area contributed by atoms with E-state index in [1.807, 2.05) is 24.3 Å². The van der Waals surface area contributed by atoms with Gasteiger partial charge in [-0.05, 0) is 40.8 Å². The molecule has 1 aromatic carbocycles. The largest absolute Gasteiger partial charge is 0.350 e. The van der Waals surface area contributed by atoms with Gasteiger partial charge in [-0.3, -0.25) is 4.98 Å². The maximum Gasteiger partial charge on any atom is 0.224 e. The molecule has 2 N–H and O–H groups in total. The fraction of sp³-hybridized carbons (Fsp3) is 0.250. The SMILES string of the molecule is CC(C)(C)c1ccccc1Nc1ccnc(NCc2ccncc2)n1. The first kappa shape index (κ1) is 16.9. The zero-order valence-electron chi connectivity index (χ0n) is 14.8. The molecule has 0 amide bonds. The minimum absolute atomic E-state index is 0.0546. The third-order valence-corrected chi connectivity index (χ3v) is 3.85. The summed E-state index contributed by atoms with van der Waals surface area (Å²) in [7, 11) is 0. The van der Waals surface area contributed by atoms with Crippen LogP contribution in [-0.2, 0) is 12.0 Å². The molecular formula is C20H23N5. The summed E-state index contributed by atoms with van der Waals surface area (Å²) in [6.07, 6.45) is 5.31. The van der Waals surface area contributed by atoms with Crippen molar-refractivity contribution in [1.82, 2.24) is 15.0 Å². The molecule has 0 aliphatic carbocycles. The molecule has 0 aliphatic rings. The number of nitrogens with zero attached hydrogens (tertiary/aromatic N) is 3. The highest BCUT2D eigenvalue weighted by atomic mass is 15.1. The zero-order valence-corrected chi connectivity index (χ0v) is 14.8. The van der Waals surface area contributed by atoms with Crippen molar-refractivity contribution in [3.63, 3.8) is 0 Å². The molecule has 0 bridgehead atoms. The quantitative estimate of drug-likeness (QED) is 0.718. The molecule has 0 unspecified atom stereocenters. The third-order valence-electron chi connectivity index (χ3n) is 3.85. The Hall–Kier alpha value is -2.95. The average Bonchev–Trinajstić information content (AvgIpc) is 2.61. The van der Waals surface area contributed by atoms with Crippen molar-refractivity contribution in [1.29, 1.82) is 0 Å². The second-order valence-electron chi connectivity index (χ2n) is 6.90. The van der Waals surface area contributed by atoms with E-state index in [2.05, 4.69) is 64.6 Å². The van der Waals surface area contributed by atoms with Gasteiger partial charge in [0.15, 0.2) is 0 Å². The topological polar surface area (TPSA) is 62.7 Å². The van der Waals surface area contributed by atoms with Gasteiger partial charge in [0.2, 0.25) is 5.95 Å². The Balaban J connectivity index is 1.74. The molecule has 2 aromatic heterocycles. The van der Waals surface area contributed by atoms with Crippen LogP contribution < -0.4 is 10.6 Å². The van der Waals surface area contributed by atoms with Crippen LogP contribution in [0.4, 0.5) is 17.5 Å². The normalized spacial score (nSPS) is 11.2. The van der Waals surface area contributed by atoms with Crippen molar-refractivity contribution in [2.45, 2.75) is 32.7 Å². The number of hydrogen-bond acceptors (Lipinski definition) is 5. The molecule has 3 aromatic rings. The van der Waals surface area contributed by atoms with Crippen LogP contribution in [-0.4, -0.2) is 15.0 Å². The van der Waals surface area contributed by atoms with E-state index < -0.39 is 0 Å². The highest BCUT2D eigenvalue weighted by Crippen LogP contribution is 2.30. The minimum Gasteiger partial charge on any atom is -0.350 e. The standard InChI is InChI=1S/C20H23N5/c1-20(2,3)16-6-4-5-7-17(16)24-18-10-13-22-19(25-18)23-14-15-8-11-21-12-9-15/h4-13H,14H2,1-3H3,(H2,22,23,24,25). The summed E-state index contributed by atoms with van der Waals surface area (Å²) >= 11 is 0. The summed E-state index contributed by atoms with van der Waals surface area (Å²) in [5.41, 5.74) is 3.50. The lowest BCUT2D eigenvalue weighted by atomic mass is 9.86. The summed E-state index contributed by atoms with van der Waals surface area (Å²) in [5.74, 6) is 1.36. The fourth-order valence-electron chi connectivity index (χ4n) is 2.58. The third kappa shape index (κ3) is 4.53. The van der Waals surface area contributed by atoms with Crippen LogP contribution in [0.5, 0.6) is 0 Å². The Morgan fingerprint density at radius 2 is 1.68 bits per heavy atom. The first-order chi connectivity index (χ1) is 12.0. The lowest BCUT2D eigenvalue weighted by Gasteiger charge is -2.23. The van der Waals surface area contributed by atoms with Crippen molar-refractivity contribution in [3.05, 3.63) is 72.2 Å². The Morgan fingerprint density at radius 3 is 2.44 bits per heavy atom. The smallest absolute Gasteiger partial charge is 0.224 e. The second-order valence-corrected chi connectivity index (χ2v) is 6.90. The molecular weight excluding hydrogens is 310 g/mol. The number of rotatable bonds is 5. The van der Waals surface area contributed by atoms with Crippen LogP contribution in [0.25, 0.3) is 0 Å². The van der Waals surface area contributed by atoms with Gasteiger partial charge in [-0.2, -0.15) is 4.98 Å². The van der Waals surface area contributed by atoms with Gasteiger partial charge in [0.05, 0.1) is 0 Å². The van der Waals surface area contributed by atoms with Gasteiger partial charge in [0, 0.05) is 30.8 Å². The Morgan fingerprint density at radius 1 is 0.920 bits per heavy atom. The van der Waals surface area contributed by atoms with Gasteiger partial charge in [0.25, 0.3) is 0 Å². The molecule has 2 heterocycles. The molecule has 5 nitrogen and oxygen atoms in total. The van der Waals surface area contributed by atoms with Gasteiger partial charge < -0.3 is 10.6 Å². The van der Waals surface area contributed by atoms with Crippen LogP contribution >= 0.6 is 0 Å². The molecule has 0 atom stereocenters. The highest BCUT2D eigenvalue weighted by molar-refractivity contribution is 5.62. The van der Waals surface area contributed by atoms with Crippen LogP contribution in [0.3, 0.4) is 0 Å². The lowest BCUT2D eigenvalue weighted by molar-refractivity contribution is 0.592. The van der Waals surface area contributed by atoms with Crippen molar-refractivity contribution < 1.29 is 0 Å². The zero-order chi connectivity index (χ0) is 17.7. The summed E-state index contributed by atoms with van der Waals surface area (Å²) in [4.78, 5) is 12.9. The van der Waals surface area contributed by atoms with Crippen molar-refractivity contribution in [2.75, 3.05) is 10.6 Å². The molecule has 0 aliphatic heterocycles. The number of hydrogen-bond donors (Lipinski definition) is 2. The monoisotopic (exact) mass is 333 g/mol. The lowest BCUT2D eigenvalue weighted by Crippen LogP contribution is -2.14. The summed E-state index contributed by atoms with van der Waals surface area (Å²) < 4.78 is 0. The number of nitrogens with one attached hydrogen (secondary N) is 2. The Bertz CT molecular complexity index is 825. The number of benzene rings is 1. The van der Waals surface area contributed by atoms with Gasteiger partial charge >= 0.3 is 0 Å². The van der Waals surface area contributed by atoms with Crippen molar-refractivity contribution in [2.24, 2.45) is 0 Å². The molecule has 0 fully saturated rings. The maximum atomic E-state index is 4.56. The number of pyridine rings is 1. The molecule has 0 radical (unpaired) electrons. The highest BCUT2D eigenvalue weighted by Gasteiger charge is 2.17. The van der Waals surface area contributed by atoms with E-state index in [9.17, 15) is 0 Å². The van der Waals surface area contributed by atoms with E-state index >= 15 is 0 Å². The molecule has 3 rings (SSSR count). The van der Waals surface area contributed by atoms with Crippen molar-refractivity contribution in [3.8, 4) is 0 Å². The molecule has 0 saturated carbocycles. The Labute approximate surface area is 148 Å². The van der Waals surface area contributed by atoms with Crippen molar-refractivity contribution >= 4 is 17.5 Å². The van der Waals surface area contributed by atoms with Crippen LogP contribution in [0.15, 0.2) is 61.1 Å². The first-order valence-electron chi connectivity index (χ1n) is 8.35. The molecule has 0 saturated heterocycles. The number of para-hydroxylation sites is 1. The second kappa shape index (κ2) is 7.30. The summed E-state index contributed by atoms with van der Waals surface area (Å²) in [6, 6.07) is 14.1. The molecule has 5 heteroatoms. The minimum atomic E-state index is 0.0546. The van der Waals surface area contributed by atoms with Crippen LogP contribution in [0.1, 0.15) is 31.9 Å². The Kier molecular flexibility index (Phi) is 4.93. The van der Waals surface area contributed by atoms with Gasteiger partial charge in [-0.15, -0.1) is 0 Å². The van der Waals surface area contributed by atoms with E-state index in [-0.39, 0.29) is 5.41 Å². The van der Waals surface area contributed by atoms with E-state index in [4.69, 9.17) is 0 Å². The van der Waals surface area contributed by atoms with E-state index in [0.717, 1.165) is 17.1 Å². The molecule has 0 spiro atoms. The van der Waals surface area contributed by atoms with E-state index in [0.29, 0.717) is 12.5 Å². The summed E-state index contributed by atoms with van der Waals surface area (Å²) in [5, 5.41) is 6.66. The van der Waals surface area contributed by atoms with Gasteiger partial charge in [-0.1, -0.05) is 39.0 Å². The average molecular weight is 333 g/mol. The summed E-state index contributed by atoms with van der Waals surface area (Å²) in [6.45, 7) is 7.27. The van der Waals surface area contributed by atoms with E-state index in [1.54, 1.807) is 18.6 Å².